The van der Waals surface area contributed by atoms with Gasteiger partial charge >= 0.3 is 11.9 Å². The number of carboxylic acids is 2. The van der Waals surface area contributed by atoms with Crippen LogP contribution in [0.2, 0.25) is 0 Å². The van der Waals surface area contributed by atoms with Crippen LogP contribution in [-0.2, 0) is 9.59 Å². The lowest BCUT2D eigenvalue weighted by Crippen LogP contribution is -2.30. The molecule has 1 aromatic carbocycles. The number of nitrogens with zero attached hydrogens (tertiary/aromatic N) is 3. The summed E-state index contributed by atoms with van der Waals surface area (Å²) in [7, 11) is 4.18. The molecule has 2 heterocycles. The number of hydrogen-bond donors (Lipinski definition) is 2. The van der Waals surface area contributed by atoms with Gasteiger partial charge in [0, 0.05) is 18.7 Å². The molecule has 9 heteroatoms. The van der Waals surface area contributed by atoms with E-state index in [-0.39, 0.29) is 0 Å². The Morgan fingerprint density at radius 1 is 1.26 bits per heavy atom. The molecule has 27 heavy (non-hydrogen) atoms. The number of ether oxygens (including phenoxy) is 1. The van der Waals surface area contributed by atoms with Crippen LogP contribution in [0.3, 0.4) is 0 Å². The first kappa shape index (κ1) is 20.2. The standard InChI is InChI=1S/C14H19N3O2.C4H4O4/c1-16(2)7-4-8-17-9-10-18-11-5-3-6-12-13(11)14(17)15-19-12;5-3(6)1-2-4(7)8/h3,5-6H,4,7-10H2,1-2H3;1-2H,(H,5,6)(H,7,8)/b;2-1+. The third kappa shape index (κ3) is 6.00. The molecular weight excluding hydrogens is 354 g/mol. The van der Waals surface area contributed by atoms with E-state index in [1.165, 1.54) is 0 Å². The monoisotopic (exact) mass is 377 g/mol. The fourth-order valence-electron chi connectivity index (χ4n) is 2.59. The maximum Gasteiger partial charge on any atom is 0.328 e. The van der Waals surface area contributed by atoms with Crippen LogP contribution in [0.4, 0.5) is 5.82 Å². The zero-order valence-electron chi connectivity index (χ0n) is 15.3. The Kier molecular flexibility index (Phi) is 7.18. The minimum atomic E-state index is -1.26. The van der Waals surface area contributed by atoms with Crippen LogP contribution < -0.4 is 9.64 Å². The molecule has 0 aliphatic carbocycles. The Balaban J connectivity index is 0.000000279. The number of benzene rings is 1. The minimum absolute atomic E-state index is 0.558. The van der Waals surface area contributed by atoms with Crippen LogP contribution in [0.5, 0.6) is 5.75 Å². The average molecular weight is 377 g/mol. The normalized spacial score (nSPS) is 13.2. The van der Waals surface area contributed by atoms with Crippen molar-refractivity contribution in [3.63, 3.8) is 0 Å². The molecule has 0 amide bonds. The second-order valence-corrected chi connectivity index (χ2v) is 6.14. The molecule has 0 saturated carbocycles. The Morgan fingerprint density at radius 2 is 1.96 bits per heavy atom. The van der Waals surface area contributed by atoms with E-state index in [4.69, 9.17) is 19.5 Å². The number of carboxylic acid groups (broad SMARTS) is 2. The topological polar surface area (TPSA) is 116 Å². The molecule has 9 nitrogen and oxygen atoms in total. The summed E-state index contributed by atoms with van der Waals surface area (Å²) in [6.45, 7) is 3.58. The van der Waals surface area contributed by atoms with E-state index < -0.39 is 11.9 Å². The van der Waals surface area contributed by atoms with Crippen LogP contribution in [0.1, 0.15) is 6.42 Å². The van der Waals surface area contributed by atoms with Crippen molar-refractivity contribution in [2.24, 2.45) is 0 Å². The second kappa shape index (κ2) is 9.58. The first-order valence-corrected chi connectivity index (χ1v) is 8.43. The van der Waals surface area contributed by atoms with E-state index in [0.717, 1.165) is 48.6 Å². The summed E-state index contributed by atoms with van der Waals surface area (Å²) in [5, 5.41) is 20.9. The number of aliphatic carboxylic acids is 2. The number of aromatic nitrogens is 1. The van der Waals surface area contributed by atoms with Gasteiger partial charge in [-0.15, -0.1) is 0 Å². The minimum Gasteiger partial charge on any atom is -0.491 e. The molecular formula is C18H23N3O6. The molecule has 1 aromatic heterocycles. The summed E-state index contributed by atoms with van der Waals surface area (Å²) in [5.41, 5.74) is 0.798. The van der Waals surface area contributed by atoms with Gasteiger partial charge in [-0.05, 0) is 39.2 Å². The molecule has 0 spiro atoms. The number of anilines is 1. The van der Waals surface area contributed by atoms with Crippen LogP contribution in [0.25, 0.3) is 11.0 Å². The largest absolute Gasteiger partial charge is 0.491 e. The maximum absolute atomic E-state index is 9.55. The molecule has 146 valence electrons. The summed E-state index contributed by atoms with van der Waals surface area (Å²) in [6, 6.07) is 5.85. The highest BCUT2D eigenvalue weighted by Crippen LogP contribution is 2.35. The number of hydrogen-bond acceptors (Lipinski definition) is 7. The predicted octanol–water partition coefficient (Wildman–Crippen LogP) is 1.69. The third-order valence-corrected chi connectivity index (χ3v) is 3.76. The fraction of sp³-hybridized carbons (Fsp3) is 0.389. The van der Waals surface area contributed by atoms with Gasteiger partial charge in [0.1, 0.15) is 17.7 Å². The highest BCUT2D eigenvalue weighted by molar-refractivity contribution is 5.94. The summed E-state index contributed by atoms with van der Waals surface area (Å²) >= 11 is 0. The molecule has 0 fully saturated rings. The van der Waals surface area contributed by atoms with Crippen molar-refractivity contribution in [2.45, 2.75) is 6.42 Å². The summed E-state index contributed by atoms with van der Waals surface area (Å²) in [5.74, 6) is -0.717. The van der Waals surface area contributed by atoms with Gasteiger partial charge in [-0.3, -0.25) is 0 Å². The molecule has 2 N–H and O–H groups in total. The van der Waals surface area contributed by atoms with Crippen molar-refractivity contribution in [3.8, 4) is 5.75 Å². The zero-order valence-corrected chi connectivity index (χ0v) is 15.3. The van der Waals surface area contributed by atoms with Crippen molar-refractivity contribution < 1.29 is 29.1 Å². The first-order valence-electron chi connectivity index (χ1n) is 8.43. The lowest BCUT2D eigenvalue weighted by atomic mass is 10.2. The van der Waals surface area contributed by atoms with E-state index in [1.807, 2.05) is 18.2 Å². The molecule has 1 aliphatic heterocycles. The van der Waals surface area contributed by atoms with Gasteiger partial charge in [0.2, 0.25) is 0 Å². The van der Waals surface area contributed by atoms with Crippen molar-refractivity contribution in [2.75, 3.05) is 45.2 Å². The second-order valence-electron chi connectivity index (χ2n) is 6.14. The Bertz CT molecular complexity index is 799. The third-order valence-electron chi connectivity index (χ3n) is 3.76. The molecule has 0 unspecified atom stereocenters. The predicted molar refractivity (Wildman–Crippen MR) is 99.3 cm³/mol. The van der Waals surface area contributed by atoms with Crippen molar-refractivity contribution in [1.29, 1.82) is 0 Å². The highest BCUT2D eigenvalue weighted by Gasteiger charge is 2.22. The quantitative estimate of drug-likeness (QED) is 0.725. The molecule has 0 saturated heterocycles. The van der Waals surface area contributed by atoms with Crippen molar-refractivity contribution in [1.82, 2.24) is 10.1 Å². The number of rotatable bonds is 6. The Labute approximate surface area is 156 Å². The smallest absolute Gasteiger partial charge is 0.328 e. The van der Waals surface area contributed by atoms with Crippen LogP contribution in [0, 0.1) is 0 Å². The molecule has 1 aliphatic rings. The fourth-order valence-corrected chi connectivity index (χ4v) is 2.59. The van der Waals surface area contributed by atoms with Gasteiger partial charge in [-0.1, -0.05) is 11.2 Å². The molecule has 3 rings (SSSR count). The van der Waals surface area contributed by atoms with Gasteiger partial charge in [0.15, 0.2) is 11.4 Å². The summed E-state index contributed by atoms with van der Waals surface area (Å²) in [6.07, 6.45) is 2.22. The number of carbonyl (C=O) groups is 2. The molecule has 0 atom stereocenters. The molecule has 2 aromatic rings. The Hall–Kier alpha value is -3.07. The van der Waals surface area contributed by atoms with E-state index in [2.05, 4.69) is 29.1 Å². The summed E-state index contributed by atoms with van der Waals surface area (Å²) < 4.78 is 11.2. The van der Waals surface area contributed by atoms with E-state index in [1.54, 1.807) is 0 Å². The van der Waals surface area contributed by atoms with Gasteiger partial charge in [-0.2, -0.15) is 0 Å². The van der Waals surface area contributed by atoms with Gasteiger partial charge < -0.3 is 29.3 Å². The first-order chi connectivity index (χ1) is 12.9. The van der Waals surface area contributed by atoms with Gasteiger partial charge in [0.25, 0.3) is 0 Å². The molecule has 0 bridgehead atoms. The van der Waals surface area contributed by atoms with E-state index in [9.17, 15) is 9.59 Å². The van der Waals surface area contributed by atoms with Gasteiger partial charge in [-0.25, -0.2) is 9.59 Å². The molecule has 0 radical (unpaired) electrons. The van der Waals surface area contributed by atoms with Crippen molar-refractivity contribution >= 4 is 28.7 Å². The highest BCUT2D eigenvalue weighted by atomic mass is 16.5. The van der Waals surface area contributed by atoms with Gasteiger partial charge in [0.05, 0.1) is 6.54 Å². The van der Waals surface area contributed by atoms with Crippen LogP contribution >= 0.6 is 0 Å². The lowest BCUT2D eigenvalue weighted by molar-refractivity contribution is -0.134. The van der Waals surface area contributed by atoms with E-state index >= 15 is 0 Å². The SMILES string of the molecule is CN(C)CCCN1CCOc2cccc3onc1c23.O=C(O)/C=C/C(=O)O. The van der Waals surface area contributed by atoms with Crippen LogP contribution in [-0.4, -0.2) is 72.5 Å². The average Bonchev–Trinajstić information content (AvgIpc) is 2.95. The van der Waals surface area contributed by atoms with Crippen LogP contribution in [0.15, 0.2) is 34.9 Å². The Morgan fingerprint density at radius 3 is 2.59 bits per heavy atom. The zero-order chi connectivity index (χ0) is 19.8. The maximum atomic E-state index is 9.55. The van der Waals surface area contributed by atoms with E-state index in [0.29, 0.717) is 18.8 Å². The lowest BCUT2D eigenvalue weighted by Gasteiger charge is -2.20. The summed E-state index contributed by atoms with van der Waals surface area (Å²) in [4.78, 5) is 23.6. The van der Waals surface area contributed by atoms with Crippen molar-refractivity contribution in [3.05, 3.63) is 30.4 Å².